The number of carbonyl (C=O) groups excluding carboxylic acids is 1. The van der Waals surface area contributed by atoms with Crippen molar-refractivity contribution in [3.8, 4) is 22.7 Å². The largest absolute Gasteiger partial charge is 0.494 e. The maximum atomic E-state index is 13.4. The fourth-order valence-electron chi connectivity index (χ4n) is 4.17. The number of carbonyl (C=O) groups is 1. The predicted octanol–water partition coefficient (Wildman–Crippen LogP) is 7.04. The van der Waals surface area contributed by atoms with Crippen molar-refractivity contribution >= 4 is 40.3 Å². The summed E-state index contributed by atoms with van der Waals surface area (Å²) in [4.78, 5) is 15.6. The van der Waals surface area contributed by atoms with Crippen LogP contribution in [0.25, 0.3) is 23.0 Å². The van der Waals surface area contributed by atoms with Crippen LogP contribution in [-0.4, -0.2) is 31.5 Å². The first kappa shape index (κ1) is 25.0. The topological polar surface area (TPSA) is 47.4 Å². The Morgan fingerprint density at radius 3 is 2.46 bits per heavy atom. The summed E-state index contributed by atoms with van der Waals surface area (Å²) in [5, 5.41) is 4.94. The molecule has 37 heavy (non-hydrogen) atoms. The Morgan fingerprint density at radius 1 is 1.03 bits per heavy atom. The Balaban J connectivity index is 1.52. The second-order valence-electron chi connectivity index (χ2n) is 8.79. The van der Waals surface area contributed by atoms with Crippen molar-refractivity contribution in [3.63, 3.8) is 0 Å². The zero-order valence-corrected chi connectivity index (χ0v) is 22.4. The number of amides is 1. The lowest BCUT2D eigenvalue weighted by molar-refractivity contribution is -0.122. The van der Waals surface area contributed by atoms with Crippen molar-refractivity contribution in [2.24, 2.45) is 0 Å². The maximum Gasteiger partial charge on any atom is 0.266 e. The number of rotatable bonds is 8. The predicted molar refractivity (Wildman–Crippen MR) is 155 cm³/mol. The van der Waals surface area contributed by atoms with E-state index in [0.29, 0.717) is 22.4 Å². The Bertz CT molecular complexity index is 1460. The molecule has 4 aromatic rings. The van der Waals surface area contributed by atoms with Gasteiger partial charge in [-0.25, -0.2) is 4.68 Å². The number of benzene rings is 3. The highest BCUT2D eigenvalue weighted by atomic mass is 32.2. The van der Waals surface area contributed by atoms with E-state index < -0.39 is 0 Å². The minimum absolute atomic E-state index is 0.0858. The number of para-hydroxylation sites is 1. The SMILES string of the molecule is CCCOc1ccc(-c2nn(-c3ccccc3)cc2C=C2SC(=S)N(Cc3ccccc3)C2=O)c(C)c1. The average molecular weight is 526 g/mol. The van der Waals surface area contributed by atoms with Crippen LogP contribution >= 0.6 is 24.0 Å². The summed E-state index contributed by atoms with van der Waals surface area (Å²) in [7, 11) is 0. The Kier molecular flexibility index (Phi) is 7.53. The molecule has 3 aromatic carbocycles. The van der Waals surface area contributed by atoms with Crippen LogP contribution in [-0.2, 0) is 11.3 Å². The fraction of sp³-hybridized carbons (Fsp3) is 0.167. The lowest BCUT2D eigenvalue weighted by atomic mass is 10.0. The number of aryl methyl sites for hydroxylation is 1. The van der Waals surface area contributed by atoms with Gasteiger partial charge in [-0.05, 0) is 60.9 Å². The molecule has 0 bridgehead atoms. The first-order valence-corrected chi connectivity index (χ1v) is 13.4. The van der Waals surface area contributed by atoms with E-state index in [-0.39, 0.29) is 5.91 Å². The summed E-state index contributed by atoms with van der Waals surface area (Å²) in [6.45, 7) is 5.28. The molecule has 7 heteroatoms. The van der Waals surface area contributed by atoms with Gasteiger partial charge in [-0.2, -0.15) is 5.10 Å². The highest BCUT2D eigenvalue weighted by molar-refractivity contribution is 8.26. The highest BCUT2D eigenvalue weighted by Crippen LogP contribution is 2.36. The number of aromatic nitrogens is 2. The Labute approximate surface area is 226 Å². The summed E-state index contributed by atoms with van der Waals surface area (Å²) in [6, 6.07) is 25.9. The molecule has 1 amide bonds. The summed E-state index contributed by atoms with van der Waals surface area (Å²) in [5.41, 5.74) is 5.69. The lowest BCUT2D eigenvalue weighted by Gasteiger charge is -2.14. The number of nitrogens with zero attached hydrogens (tertiary/aromatic N) is 3. The first-order chi connectivity index (χ1) is 18.0. The van der Waals surface area contributed by atoms with Crippen LogP contribution in [0.3, 0.4) is 0 Å². The number of thiocarbonyl (C=S) groups is 1. The average Bonchev–Trinajstić information content (AvgIpc) is 3.45. The maximum absolute atomic E-state index is 13.4. The van der Waals surface area contributed by atoms with Gasteiger partial charge in [0.1, 0.15) is 15.8 Å². The third kappa shape index (κ3) is 5.53. The minimum Gasteiger partial charge on any atom is -0.494 e. The van der Waals surface area contributed by atoms with Crippen LogP contribution in [0.1, 0.15) is 30.0 Å². The van der Waals surface area contributed by atoms with E-state index in [1.807, 2.05) is 95.8 Å². The minimum atomic E-state index is -0.0858. The fourth-order valence-corrected chi connectivity index (χ4v) is 5.42. The van der Waals surface area contributed by atoms with Crippen LogP contribution in [0.5, 0.6) is 5.75 Å². The molecule has 0 N–H and O–H groups in total. The zero-order chi connectivity index (χ0) is 25.8. The Hall–Kier alpha value is -3.68. The molecule has 1 aliphatic rings. The van der Waals surface area contributed by atoms with Gasteiger partial charge in [0.05, 0.1) is 23.7 Å². The van der Waals surface area contributed by atoms with E-state index in [0.717, 1.165) is 45.8 Å². The number of thioether (sulfide) groups is 1. The van der Waals surface area contributed by atoms with Crippen molar-refractivity contribution in [2.75, 3.05) is 6.61 Å². The van der Waals surface area contributed by atoms with Crippen LogP contribution in [0.4, 0.5) is 0 Å². The molecule has 1 saturated heterocycles. The molecule has 0 saturated carbocycles. The van der Waals surface area contributed by atoms with Crippen LogP contribution in [0.2, 0.25) is 0 Å². The molecule has 0 atom stereocenters. The van der Waals surface area contributed by atoms with Gasteiger partial charge < -0.3 is 4.74 Å². The summed E-state index contributed by atoms with van der Waals surface area (Å²) in [5.74, 6) is 0.756. The Morgan fingerprint density at radius 2 is 1.76 bits per heavy atom. The third-order valence-corrected chi connectivity index (χ3v) is 7.41. The molecule has 0 aliphatic carbocycles. The number of hydrogen-bond acceptors (Lipinski definition) is 5. The van der Waals surface area contributed by atoms with E-state index in [1.165, 1.54) is 11.8 Å². The molecule has 1 aliphatic heterocycles. The van der Waals surface area contributed by atoms with Gasteiger partial charge in [0.25, 0.3) is 5.91 Å². The number of hydrogen-bond donors (Lipinski definition) is 0. The van der Waals surface area contributed by atoms with E-state index >= 15 is 0 Å². The highest BCUT2D eigenvalue weighted by Gasteiger charge is 2.32. The molecule has 1 fully saturated rings. The van der Waals surface area contributed by atoms with Crippen molar-refractivity contribution in [1.82, 2.24) is 14.7 Å². The summed E-state index contributed by atoms with van der Waals surface area (Å²) >= 11 is 6.91. The molecule has 2 heterocycles. The summed E-state index contributed by atoms with van der Waals surface area (Å²) < 4.78 is 8.24. The van der Waals surface area contributed by atoms with Gasteiger partial charge in [0.15, 0.2) is 0 Å². The van der Waals surface area contributed by atoms with Gasteiger partial charge in [0, 0.05) is 17.3 Å². The van der Waals surface area contributed by atoms with Gasteiger partial charge in [0.2, 0.25) is 0 Å². The third-order valence-electron chi connectivity index (χ3n) is 6.03. The van der Waals surface area contributed by atoms with Gasteiger partial charge in [-0.15, -0.1) is 0 Å². The molecule has 5 nitrogen and oxygen atoms in total. The molecule has 0 spiro atoms. The van der Waals surface area contributed by atoms with E-state index in [1.54, 1.807) is 4.90 Å². The lowest BCUT2D eigenvalue weighted by Crippen LogP contribution is -2.27. The second kappa shape index (κ2) is 11.2. The van der Waals surface area contributed by atoms with Crippen LogP contribution in [0.15, 0.2) is 90.0 Å². The second-order valence-corrected chi connectivity index (χ2v) is 10.5. The molecular weight excluding hydrogens is 498 g/mol. The van der Waals surface area contributed by atoms with Crippen LogP contribution < -0.4 is 4.74 Å². The van der Waals surface area contributed by atoms with Gasteiger partial charge in [-0.3, -0.25) is 9.69 Å². The molecule has 186 valence electrons. The van der Waals surface area contributed by atoms with Gasteiger partial charge in [-0.1, -0.05) is 79.4 Å². The van der Waals surface area contributed by atoms with E-state index in [2.05, 4.69) is 13.8 Å². The van der Waals surface area contributed by atoms with Gasteiger partial charge >= 0.3 is 0 Å². The quantitative estimate of drug-likeness (QED) is 0.182. The van der Waals surface area contributed by atoms with Crippen molar-refractivity contribution in [1.29, 1.82) is 0 Å². The van der Waals surface area contributed by atoms with E-state index in [4.69, 9.17) is 22.1 Å². The molecule has 1 aromatic heterocycles. The van der Waals surface area contributed by atoms with Crippen LogP contribution in [0, 0.1) is 6.92 Å². The van der Waals surface area contributed by atoms with Crippen molar-refractivity contribution in [2.45, 2.75) is 26.8 Å². The molecule has 0 radical (unpaired) electrons. The van der Waals surface area contributed by atoms with E-state index in [9.17, 15) is 4.79 Å². The normalized spacial score (nSPS) is 14.5. The number of ether oxygens (including phenoxy) is 1. The molecule has 0 unspecified atom stereocenters. The summed E-state index contributed by atoms with van der Waals surface area (Å²) in [6.07, 6.45) is 4.83. The standard InChI is InChI=1S/C30H27N3O2S2/c1-3-16-35-25-14-15-26(21(2)17-25)28-23(20-33(31-28)24-12-8-5-9-13-24)18-27-29(34)32(30(36)37-27)19-22-10-6-4-7-11-22/h4-15,17-18,20H,3,16,19H2,1-2H3. The molecule has 5 rings (SSSR count). The zero-order valence-electron chi connectivity index (χ0n) is 20.8. The smallest absolute Gasteiger partial charge is 0.266 e. The first-order valence-electron chi connectivity index (χ1n) is 12.2. The monoisotopic (exact) mass is 525 g/mol. The van der Waals surface area contributed by atoms with Crippen molar-refractivity contribution < 1.29 is 9.53 Å². The molecular formula is C30H27N3O2S2. The van der Waals surface area contributed by atoms with Crippen molar-refractivity contribution in [3.05, 3.63) is 107 Å².